The summed E-state index contributed by atoms with van der Waals surface area (Å²) in [6.07, 6.45) is 0. The average molecular weight is 303 g/mol. The first-order valence-electron chi connectivity index (χ1n) is 3.77. The second-order valence-electron chi connectivity index (χ2n) is 2.49. The molecule has 0 aliphatic rings. The van der Waals surface area contributed by atoms with Gasteiger partial charge in [-0.15, -0.1) is 0 Å². The van der Waals surface area contributed by atoms with E-state index in [0.717, 1.165) is 9.26 Å². The van der Waals surface area contributed by atoms with E-state index >= 15 is 0 Å². The minimum atomic E-state index is -0.100. The summed E-state index contributed by atoms with van der Waals surface area (Å²) in [6, 6.07) is 7.52. The van der Waals surface area contributed by atoms with Gasteiger partial charge in [-0.1, -0.05) is 6.07 Å². The van der Waals surface area contributed by atoms with Crippen molar-refractivity contribution < 1.29 is 0 Å². The van der Waals surface area contributed by atoms with Crippen LogP contribution in [0.15, 0.2) is 34.3 Å². The molecule has 1 rings (SSSR count). The van der Waals surface area contributed by atoms with Crippen LogP contribution in [-0.2, 0) is 0 Å². The number of nitrogens with zero attached hydrogens (tertiary/aromatic N) is 2. The van der Waals surface area contributed by atoms with Crippen molar-refractivity contribution in [2.75, 3.05) is 0 Å². The highest BCUT2D eigenvalue weighted by Crippen LogP contribution is 2.15. The summed E-state index contributed by atoms with van der Waals surface area (Å²) in [5.41, 5.74) is 16.5. The summed E-state index contributed by atoms with van der Waals surface area (Å²) >= 11 is 2.18. The molecule has 0 aliphatic carbocycles. The predicted molar refractivity (Wildman–Crippen MR) is 66.3 cm³/mol. The molecule has 0 atom stereocenters. The number of aliphatic imine (C=N–C) groups is 2. The van der Waals surface area contributed by atoms with E-state index < -0.39 is 0 Å². The third-order valence-corrected chi connectivity index (χ3v) is 1.97. The van der Waals surface area contributed by atoms with E-state index in [4.69, 9.17) is 17.2 Å². The van der Waals surface area contributed by atoms with E-state index in [1.807, 2.05) is 24.3 Å². The van der Waals surface area contributed by atoms with Crippen LogP contribution in [0, 0.1) is 3.57 Å². The standard InChI is InChI=1S/C8H10IN5/c9-5-2-1-3-6(4-5)13-8(12)14-7(10)11/h1-4H,(H6,10,11,12,13,14). The number of nitrogens with two attached hydrogens (primary N) is 3. The van der Waals surface area contributed by atoms with Gasteiger partial charge in [-0.05, 0) is 40.8 Å². The lowest BCUT2D eigenvalue weighted by Crippen LogP contribution is -2.26. The molecule has 74 valence electrons. The summed E-state index contributed by atoms with van der Waals surface area (Å²) in [7, 11) is 0. The summed E-state index contributed by atoms with van der Waals surface area (Å²) in [6.45, 7) is 0. The van der Waals surface area contributed by atoms with Gasteiger partial charge in [0.2, 0.25) is 5.96 Å². The Morgan fingerprint density at radius 2 is 1.93 bits per heavy atom. The molecule has 5 nitrogen and oxygen atoms in total. The van der Waals surface area contributed by atoms with Crippen LogP contribution in [0.3, 0.4) is 0 Å². The smallest absolute Gasteiger partial charge is 0.223 e. The van der Waals surface area contributed by atoms with Crippen LogP contribution in [0.25, 0.3) is 0 Å². The van der Waals surface area contributed by atoms with Crippen molar-refractivity contribution in [3.63, 3.8) is 0 Å². The van der Waals surface area contributed by atoms with E-state index in [9.17, 15) is 0 Å². The van der Waals surface area contributed by atoms with Crippen LogP contribution in [-0.4, -0.2) is 11.9 Å². The van der Waals surface area contributed by atoms with Crippen LogP contribution >= 0.6 is 22.6 Å². The molecule has 0 radical (unpaired) electrons. The Hall–Kier alpha value is -1.31. The molecule has 6 N–H and O–H groups in total. The molecule has 0 fully saturated rings. The molecule has 14 heavy (non-hydrogen) atoms. The Morgan fingerprint density at radius 1 is 1.21 bits per heavy atom. The number of guanidine groups is 2. The molecule has 1 aromatic rings. The first kappa shape index (κ1) is 10.8. The number of hydrogen-bond donors (Lipinski definition) is 3. The second kappa shape index (κ2) is 4.80. The highest BCUT2D eigenvalue weighted by molar-refractivity contribution is 14.1. The van der Waals surface area contributed by atoms with Crippen LogP contribution in [0.1, 0.15) is 0 Å². The van der Waals surface area contributed by atoms with Crippen molar-refractivity contribution >= 4 is 40.2 Å². The van der Waals surface area contributed by atoms with E-state index in [-0.39, 0.29) is 11.9 Å². The lowest BCUT2D eigenvalue weighted by Gasteiger charge is -1.96. The van der Waals surface area contributed by atoms with Gasteiger partial charge in [-0.3, -0.25) is 0 Å². The normalized spacial score (nSPS) is 11.1. The molecule has 0 unspecified atom stereocenters. The molecule has 0 aromatic heterocycles. The fourth-order valence-electron chi connectivity index (χ4n) is 0.835. The summed E-state index contributed by atoms with van der Waals surface area (Å²) in [4.78, 5) is 7.60. The summed E-state index contributed by atoms with van der Waals surface area (Å²) in [5, 5.41) is 0. The molecule has 0 aliphatic heterocycles. The van der Waals surface area contributed by atoms with Crippen molar-refractivity contribution in [3.05, 3.63) is 27.8 Å². The molecule has 0 saturated heterocycles. The van der Waals surface area contributed by atoms with Crippen molar-refractivity contribution in [1.29, 1.82) is 0 Å². The Labute approximate surface area is 95.2 Å². The van der Waals surface area contributed by atoms with Gasteiger partial charge in [0.05, 0.1) is 5.69 Å². The quantitative estimate of drug-likeness (QED) is 0.400. The molecular formula is C8H10IN5. The van der Waals surface area contributed by atoms with E-state index in [1.165, 1.54) is 0 Å². The summed E-state index contributed by atoms with van der Waals surface area (Å²) in [5.74, 6) is -0.0520. The van der Waals surface area contributed by atoms with Gasteiger partial charge in [0.1, 0.15) is 0 Å². The van der Waals surface area contributed by atoms with Crippen LogP contribution < -0.4 is 17.2 Å². The van der Waals surface area contributed by atoms with Crippen LogP contribution in [0.5, 0.6) is 0 Å². The SMILES string of the molecule is NC(N)=NC(N)=Nc1cccc(I)c1. The molecule has 0 heterocycles. The maximum Gasteiger partial charge on any atom is 0.223 e. The van der Waals surface area contributed by atoms with Gasteiger partial charge >= 0.3 is 0 Å². The third-order valence-electron chi connectivity index (χ3n) is 1.30. The zero-order chi connectivity index (χ0) is 10.6. The number of hydrogen-bond acceptors (Lipinski definition) is 1. The molecule has 6 heteroatoms. The highest BCUT2D eigenvalue weighted by atomic mass is 127. The minimum Gasteiger partial charge on any atom is -0.370 e. The van der Waals surface area contributed by atoms with Crippen molar-refractivity contribution in [1.82, 2.24) is 0 Å². The Balaban J connectivity index is 2.92. The van der Waals surface area contributed by atoms with Crippen molar-refractivity contribution in [2.24, 2.45) is 27.2 Å². The largest absolute Gasteiger partial charge is 0.370 e. The van der Waals surface area contributed by atoms with Crippen LogP contribution in [0.4, 0.5) is 5.69 Å². The number of halogens is 1. The average Bonchev–Trinajstić information content (AvgIpc) is 2.01. The van der Waals surface area contributed by atoms with Gasteiger partial charge in [0.15, 0.2) is 5.96 Å². The molecule has 1 aromatic carbocycles. The lowest BCUT2D eigenvalue weighted by atomic mass is 10.3. The maximum atomic E-state index is 5.46. The minimum absolute atomic E-state index is 0.0481. The second-order valence-corrected chi connectivity index (χ2v) is 3.73. The van der Waals surface area contributed by atoms with Gasteiger partial charge < -0.3 is 17.2 Å². The highest BCUT2D eigenvalue weighted by Gasteiger charge is 1.93. The summed E-state index contributed by atoms with van der Waals surface area (Å²) < 4.78 is 1.07. The Morgan fingerprint density at radius 3 is 2.50 bits per heavy atom. The molecule has 0 amide bonds. The van der Waals surface area contributed by atoms with E-state index in [2.05, 4.69) is 32.6 Å². The topological polar surface area (TPSA) is 103 Å². The number of rotatable bonds is 1. The first-order valence-corrected chi connectivity index (χ1v) is 4.85. The fraction of sp³-hybridized carbons (Fsp3) is 0. The number of benzene rings is 1. The lowest BCUT2D eigenvalue weighted by molar-refractivity contribution is 1.38. The van der Waals surface area contributed by atoms with Gasteiger partial charge in [-0.2, -0.15) is 4.99 Å². The zero-order valence-electron chi connectivity index (χ0n) is 7.31. The fourth-order valence-corrected chi connectivity index (χ4v) is 1.36. The van der Waals surface area contributed by atoms with Crippen LogP contribution in [0.2, 0.25) is 0 Å². The first-order chi connectivity index (χ1) is 6.58. The van der Waals surface area contributed by atoms with Gasteiger partial charge in [0, 0.05) is 3.57 Å². The molecule has 0 saturated carbocycles. The monoisotopic (exact) mass is 303 g/mol. The maximum absolute atomic E-state index is 5.46. The molecule has 0 spiro atoms. The van der Waals surface area contributed by atoms with Crippen molar-refractivity contribution in [3.8, 4) is 0 Å². The Kier molecular flexibility index (Phi) is 3.69. The third kappa shape index (κ3) is 3.60. The van der Waals surface area contributed by atoms with Crippen molar-refractivity contribution in [2.45, 2.75) is 0 Å². The molecular weight excluding hydrogens is 293 g/mol. The molecule has 0 bridgehead atoms. The predicted octanol–water partition coefficient (Wildman–Crippen LogP) is 0.511. The van der Waals surface area contributed by atoms with Gasteiger partial charge in [0.25, 0.3) is 0 Å². The van der Waals surface area contributed by atoms with Gasteiger partial charge in [-0.25, -0.2) is 4.99 Å². The Bertz CT molecular complexity index is 381. The van der Waals surface area contributed by atoms with E-state index in [1.54, 1.807) is 0 Å². The zero-order valence-corrected chi connectivity index (χ0v) is 9.47. The van der Waals surface area contributed by atoms with E-state index in [0.29, 0.717) is 0 Å².